The van der Waals surface area contributed by atoms with Gasteiger partial charge in [-0.05, 0) is 37.3 Å². The molecule has 1 aromatic rings. The highest BCUT2D eigenvalue weighted by Gasteiger charge is 2.27. The molecule has 1 fully saturated rings. The molecule has 92 valence electrons. The first-order chi connectivity index (χ1) is 8.20. The smallest absolute Gasteiger partial charge is 0.274 e. The maximum Gasteiger partial charge on any atom is 0.274 e. The molecule has 2 N–H and O–H groups in total. The van der Waals surface area contributed by atoms with Crippen molar-refractivity contribution in [2.75, 3.05) is 18.8 Å². The molecule has 1 aromatic heterocycles. The third-order valence-corrected chi connectivity index (χ3v) is 2.86. The van der Waals surface area contributed by atoms with Crippen LogP contribution in [-0.4, -0.2) is 34.1 Å². The summed E-state index contributed by atoms with van der Waals surface area (Å²) in [4.78, 5) is 14.1. The molecule has 1 saturated carbocycles. The minimum Gasteiger partial charge on any atom is -0.382 e. The van der Waals surface area contributed by atoms with Crippen LogP contribution in [0.1, 0.15) is 36.7 Å². The van der Waals surface area contributed by atoms with Crippen molar-refractivity contribution in [2.45, 2.75) is 26.2 Å². The molecule has 0 atom stereocenters. The van der Waals surface area contributed by atoms with Crippen molar-refractivity contribution in [1.82, 2.24) is 15.1 Å². The number of amides is 1. The molecule has 0 unspecified atom stereocenters. The van der Waals surface area contributed by atoms with Crippen molar-refractivity contribution in [3.8, 4) is 0 Å². The SMILES string of the molecule is CCCN(CC1CC1)C(=O)c1ccc(N)nn1. The van der Waals surface area contributed by atoms with Crippen molar-refractivity contribution >= 4 is 11.7 Å². The van der Waals surface area contributed by atoms with E-state index in [0.717, 1.165) is 19.5 Å². The largest absolute Gasteiger partial charge is 0.382 e. The van der Waals surface area contributed by atoms with Crippen molar-refractivity contribution in [3.63, 3.8) is 0 Å². The van der Waals surface area contributed by atoms with Gasteiger partial charge in [-0.2, -0.15) is 0 Å². The van der Waals surface area contributed by atoms with Crippen LogP contribution in [0.4, 0.5) is 5.82 Å². The van der Waals surface area contributed by atoms with E-state index in [1.165, 1.54) is 12.8 Å². The van der Waals surface area contributed by atoms with E-state index >= 15 is 0 Å². The fourth-order valence-corrected chi connectivity index (χ4v) is 1.78. The zero-order valence-corrected chi connectivity index (χ0v) is 10.1. The molecule has 0 aromatic carbocycles. The van der Waals surface area contributed by atoms with Gasteiger partial charge in [-0.3, -0.25) is 4.79 Å². The van der Waals surface area contributed by atoms with E-state index in [2.05, 4.69) is 17.1 Å². The Morgan fingerprint density at radius 1 is 1.47 bits per heavy atom. The van der Waals surface area contributed by atoms with Crippen LogP contribution in [0.3, 0.4) is 0 Å². The minimum atomic E-state index is -0.0359. The van der Waals surface area contributed by atoms with E-state index in [4.69, 9.17) is 5.73 Å². The summed E-state index contributed by atoms with van der Waals surface area (Å²) in [5.41, 5.74) is 5.84. The number of nitrogens with two attached hydrogens (primary N) is 1. The molecular formula is C12H18N4O. The normalized spacial score (nSPS) is 14.6. The molecule has 2 rings (SSSR count). The number of carbonyl (C=O) groups is 1. The van der Waals surface area contributed by atoms with Crippen LogP contribution in [0, 0.1) is 5.92 Å². The number of rotatable bonds is 5. The number of hydrogen-bond acceptors (Lipinski definition) is 4. The molecule has 0 saturated heterocycles. The summed E-state index contributed by atoms with van der Waals surface area (Å²) in [7, 11) is 0. The van der Waals surface area contributed by atoms with Crippen LogP contribution in [0.15, 0.2) is 12.1 Å². The Morgan fingerprint density at radius 3 is 2.76 bits per heavy atom. The molecule has 17 heavy (non-hydrogen) atoms. The monoisotopic (exact) mass is 234 g/mol. The lowest BCUT2D eigenvalue weighted by atomic mass is 10.2. The fraction of sp³-hybridized carbons (Fsp3) is 0.583. The van der Waals surface area contributed by atoms with Crippen LogP contribution >= 0.6 is 0 Å². The summed E-state index contributed by atoms with van der Waals surface area (Å²) in [6, 6.07) is 3.25. The van der Waals surface area contributed by atoms with Crippen LogP contribution in [0.5, 0.6) is 0 Å². The van der Waals surface area contributed by atoms with Crippen LogP contribution in [0.25, 0.3) is 0 Å². The van der Waals surface area contributed by atoms with E-state index in [9.17, 15) is 4.79 Å². The van der Waals surface area contributed by atoms with Crippen LogP contribution in [0.2, 0.25) is 0 Å². The molecule has 0 aliphatic heterocycles. The van der Waals surface area contributed by atoms with Gasteiger partial charge in [0.2, 0.25) is 0 Å². The second kappa shape index (κ2) is 5.12. The third kappa shape index (κ3) is 3.15. The van der Waals surface area contributed by atoms with Crippen molar-refractivity contribution in [1.29, 1.82) is 0 Å². The number of nitrogens with zero attached hydrogens (tertiary/aromatic N) is 3. The Morgan fingerprint density at radius 2 is 2.24 bits per heavy atom. The van der Waals surface area contributed by atoms with Gasteiger partial charge in [0.15, 0.2) is 5.69 Å². The number of nitrogen functional groups attached to an aromatic ring is 1. The zero-order valence-electron chi connectivity index (χ0n) is 10.1. The zero-order chi connectivity index (χ0) is 12.3. The molecule has 0 bridgehead atoms. The summed E-state index contributed by atoms with van der Waals surface area (Å²) in [6.07, 6.45) is 3.43. The first-order valence-corrected chi connectivity index (χ1v) is 6.09. The molecular weight excluding hydrogens is 216 g/mol. The Hall–Kier alpha value is -1.65. The van der Waals surface area contributed by atoms with Crippen molar-refractivity contribution < 1.29 is 4.79 Å². The second-order valence-corrected chi connectivity index (χ2v) is 4.54. The summed E-state index contributed by atoms with van der Waals surface area (Å²) >= 11 is 0. The first-order valence-electron chi connectivity index (χ1n) is 6.09. The Labute approximate surface area is 101 Å². The van der Waals surface area contributed by atoms with Gasteiger partial charge in [0.1, 0.15) is 5.82 Å². The quantitative estimate of drug-likeness (QED) is 0.834. The molecule has 1 heterocycles. The summed E-state index contributed by atoms with van der Waals surface area (Å²) in [6.45, 7) is 3.70. The molecule has 0 spiro atoms. The van der Waals surface area contributed by atoms with Crippen molar-refractivity contribution in [2.24, 2.45) is 5.92 Å². The van der Waals surface area contributed by atoms with Gasteiger partial charge in [-0.1, -0.05) is 6.92 Å². The number of anilines is 1. The highest BCUT2D eigenvalue weighted by atomic mass is 16.2. The average molecular weight is 234 g/mol. The molecule has 1 aliphatic carbocycles. The van der Waals surface area contributed by atoms with Gasteiger partial charge in [0.25, 0.3) is 5.91 Å². The van der Waals surface area contributed by atoms with Gasteiger partial charge in [0.05, 0.1) is 0 Å². The second-order valence-electron chi connectivity index (χ2n) is 4.54. The molecule has 1 amide bonds. The highest BCUT2D eigenvalue weighted by Crippen LogP contribution is 2.30. The van der Waals surface area contributed by atoms with E-state index in [0.29, 0.717) is 17.4 Å². The maximum absolute atomic E-state index is 12.2. The summed E-state index contributed by atoms with van der Waals surface area (Å²) < 4.78 is 0. The van der Waals surface area contributed by atoms with Gasteiger partial charge >= 0.3 is 0 Å². The third-order valence-electron chi connectivity index (χ3n) is 2.86. The molecule has 5 nitrogen and oxygen atoms in total. The Balaban J connectivity index is 2.05. The Kier molecular flexibility index (Phi) is 3.56. The minimum absolute atomic E-state index is 0.0359. The van der Waals surface area contributed by atoms with Crippen LogP contribution in [-0.2, 0) is 0 Å². The number of carbonyl (C=O) groups excluding carboxylic acids is 1. The van der Waals surface area contributed by atoms with E-state index in [1.54, 1.807) is 12.1 Å². The van der Waals surface area contributed by atoms with Crippen molar-refractivity contribution in [3.05, 3.63) is 17.8 Å². The van der Waals surface area contributed by atoms with Gasteiger partial charge in [-0.15, -0.1) is 10.2 Å². The van der Waals surface area contributed by atoms with E-state index < -0.39 is 0 Å². The highest BCUT2D eigenvalue weighted by molar-refractivity contribution is 5.92. The summed E-state index contributed by atoms with van der Waals surface area (Å²) in [5, 5.41) is 7.56. The lowest BCUT2D eigenvalue weighted by Crippen LogP contribution is -2.34. The maximum atomic E-state index is 12.2. The fourth-order valence-electron chi connectivity index (χ4n) is 1.78. The standard InChI is InChI=1S/C12H18N4O/c1-2-7-16(8-9-3-4-9)12(17)10-5-6-11(13)15-14-10/h5-6,9H,2-4,7-8H2,1H3,(H2,13,15). The Bertz CT molecular complexity index is 386. The lowest BCUT2D eigenvalue weighted by molar-refractivity contribution is 0.0740. The lowest BCUT2D eigenvalue weighted by Gasteiger charge is -2.21. The topological polar surface area (TPSA) is 72.1 Å². The predicted molar refractivity (Wildman–Crippen MR) is 65.4 cm³/mol. The van der Waals surface area contributed by atoms with Crippen LogP contribution < -0.4 is 5.73 Å². The summed E-state index contributed by atoms with van der Waals surface area (Å²) in [5.74, 6) is 0.990. The predicted octanol–water partition coefficient (Wildman–Crippen LogP) is 1.32. The molecule has 5 heteroatoms. The molecule has 1 aliphatic rings. The van der Waals surface area contributed by atoms with E-state index in [-0.39, 0.29) is 5.91 Å². The van der Waals surface area contributed by atoms with E-state index in [1.807, 2.05) is 4.90 Å². The van der Waals surface area contributed by atoms with Gasteiger partial charge in [-0.25, -0.2) is 0 Å². The average Bonchev–Trinajstić information content (AvgIpc) is 3.13. The van der Waals surface area contributed by atoms with Gasteiger partial charge in [0, 0.05) is 13.1 Å². The van der Waals surface area contributed by atoms with Gasteiger partial charge < -0.3 is 10.6 Å². The molecule has 0 radical (unpaired) electrons. The number of hydrogen-bond donors (Lipinski definition) is 1. The number of aromatic nitrogens is 2. The first kappa shape index (κ1) is 11.8.